The summed E-state index contributed by atoms with van der Waals surface area (Å²) in [5.74, 6) is 0.780. The van der Waals surface area contributed by atoms with Crippen LogP contribution in [0.1, 0.15) is 35.4 Å². The first kappa shape index (κ1) is 19.4. The molecule has 3 heterocycles. The molecule has 0 bridgehead atoms. The van der Waals surface area contributed by atoms with Crippen LogP contribution in [0.3, 0.4) is 0 Å². The molecule has 1 aromatic carbocycles. The van der Waals surface area contributed by atoms with Crippen molar-refractivity contribution in [2.45, 2.75) is 44.7 Å². The van der Waals surface area contributed by atoms with Crippen molar-refractivity contribution in [1.29, 1.82) is 0 Å². The minimum atomic E-state index is -3.64. The van der Waals surface area contributed by atoms with Gasteiger partial charge in [0.1, 0.15) is 17.3 Å². The first-order valence-electron chi connectivity index (χ1n) is 9.83. The Balaban J connectivity index is 1.63. The first-order chi connectivity index (χ1) is 13.4. The van der Waals surface area contributed by atoms with E-state index in [2.05, 4.69) is 22.1 Å². The van der Waals surface area contributed by atoms with Crippen LogP contribution in [0.4, 0.5) is 0 Å². The molecular weight excluding hydrogens is 376 g/mol. The summed E-state index contributed by atoms with van der Waals surface area (Å²) in [4.78, 5) is 2.75. The number of rotatable bonds is 4. The van der Waals surface area contributed by atoms with Crippen LogP contribution in [-0.2, 0) is 30.2 Å². The van der Waals surface area contributed by atoms with Crippen LogP contribution in [0.5, 0.6) is 5.75 Å². The lowest BCUT2D eigenvalue weighted by Crippen LogP contribution is -2.33. The number of hydrogen-bond acceptors (Lipinski definition) is 5. The molecule has 0 saturated carbocycles. The standard InChI is InChI=1S/C20H28N4O3S/c1-15-20(16(2)22(3)21-15)28(25,26)24-10-11-27-19-7-6-17(12-18(19)14-24)13-23-8-4-5-9-23/h6-7,12H,4-5,8-11,13-14H2,1-3H3. The Morgan fingerprint density at radius 2 is 1.89 bits per heavy atom. The van der Waals surface area contributed by atoms with Gasteiger partial charge in [-0.15, -0.1) is 0 Å². The number of aromatic nitrogens is 2. The molecule has 4 rings (SSSR count). The number of hydrogen-bond donors (Lipinski definition) is 0. The molecular formula is C20H28N4O3S. The highest BCUT2D eigenvalue weighted by Crippen LogP contribution is 2.30. The van der Waals surface area contributed by atoms with Gasteiger partial charge in [-0.05, 0) is 57.5 Å². The summed E-state index contributed by atoms with van der Waals surface area (Å²) < 4.78 is 35.8. The second-order valence-corrected chi connectivity index (χ2v) is 9.61. The highest BCUT2D eigenvalue weighted by molar-refractivity contribution is 7.89. The third-order valence-electron chi connectivity index (χ3n) is 5.72. The van der Waals surface area contributed by atoms with E-state index in [1.807, 2.05) is 6.07 Å². The van der Waals surface area contributed by atoms with Crippen LogP contribution in [0.25, 0.3) is 0 Å². The predicted octanol–water partition coefficient (Wildman–Crippen LogP) is 2.22. The van der Waals surface area contributed by atoms with E-state index in [1.165, 1.54) is 22.7 Å². The van der Waals surface area contributed by atoms with Crippen LogP contribution in [0, 0.1) is 13.8 Å². The van der Waals surface area contributed by atoms with E-state index in [4.69, 9.17) is 4.74 Å². The molecule has 28 heavy (non-hydrogen) atoms. The van der Waals surface area contributed by atoms with Crippen molar-refractivity contribution in [3.8, 4) is 5.75 Å². The molecule has 2 aliphatic rings. The molecule has 8 heteroatoms. The molecule has 152 valence electrons. The van der Waals surface area contributed by atoms with Crippen molar-refractivity contribution < 1.29 is 13.2 Å². The van der Waals surface area contributed by atoms with Gasteiger partial charge in [-0.25, -0.2) is 8.42 Å². The van der Waals surface area contributed by atoms with Crippen molar-refractivity contribution in [3.63, 3.8) is 0 Å². The van der Waals surface area contributed by atoms with Gasteiger partial charge in [-0.2, -0.15) is 9.40 Å². The molecule has 0 unspecified atom stereocenters. The lowest BCUT2D eigenvalue weighted by Gasteiger charge is -2.20. The lowest BCUT2D eigenvalue weighted by atomic mass is 10.1. The molecule has 7 nitrogen and oxygen atoms in total. The van der Waals surface area contributed by atoms with Gasteiger partial charge < -0.3 is 4.74 Å². The molecule has 0 atom stereocenters. The van der Waals surface area contributed by atoms with Gasteiger partial charge in [0.2, 0.25) is 10.0 Å². The Hall–Kier alpha value is -1.90. The van der Waals surface area contributed by atoms with Crippen molar-refractivity contribution >= 4 is 10.0 Å². The monoisotopic (exact) mass is 404 g/mol. The smallest absolute Gasteiger partial charge is 0.247 e. The first-order valence-corrected chi connectivity index (χ1v) is 11.3. The van der Waals surface area contributed by atoms with E-state index in [0.29, 0.717) is 36.0 Å². The molecule has 2 aromatic rings. The van der Waals surface area contributed by atoms with Crippen molar-refractivity contribution in [2.75, 3.05) is 26.2 Å². The van der Waals surface area contributed by atoms with Crippen LogP contribution in [0.2, 0.25) is 0 Å². The highest BCUT2D eigenvalue weighted by atomic mass is 32.2. The number of aryl methyl sites for hydroxylation is 2. The lowest BCUT2D eigenvalue weighted by molar-refractivity contribution is 0.292. The zero-order valence-corrected chi connectivity index (χ0v) is 17.6. The summed E-state index contributed by atoms with van der Waals surface area (Å²) >= 11 is 0. The Morgan fingerprint density at radius 3 is 2.57 bits per heavy atom. The Kier molecular flexibility index (Phi) is 5.20. The molecule has 0 spiro atoms. The second kappa shape index (κ2) is 7.50. The third-order valence-corrected chi connectivity index (χ3v) is 7.81. The highest BCUT2D eigenvalue weighted by Gasteiger charge is 2.32. The van der Waals surface area contributed by atoms with E-state index in [9.17, 15) is 8.42 Å². The minimum absolute atomic E-state index is 0.312. The van der Waals surface area contributed by atoms with Crippen LogP contribution in [0.15, 0.2) is 23.1 Å². The van der Waals surface area contributed by atoms with Crippen LogP contribution < -0.4 is 4.74 Å². The van der Waals surface area contributed by atoms with Gasteiger partial charge in [-0.1, -0.05) is 6.07 Å². The molecule has 1 saturated heterocycles. The number of likely N-dealkylation sites (tertiary alicyclic amines) is 1. The predicted molar refractivity (Wildman–Crippen MR) is 107 cm³/mol. The molecule has 0 aliphatic carbocycles. The van der Waals surface area contributed by atoms with Gasteiger partial charge in [0.25, 0.3) is 0 Å². The maximum Gasteiger partial charge on any atom is 0.247 e. The molecule has 0 N–H and O–H groups in total. The van der Waals surface area contributed by atoms with Crippen LogP contribution >= 0.6 is 0 Å². The van der Waals surface area contributed by atoms with Gasteiger partial charge >= 0.3 is 0 Å². The largest absolute Gasteiger partial charge is 0.492 e. The zero-order chi connectivity index (χ0) is 19.9. The van der Waals surface area contributed by atoms with E-state index in [-0.39, 0.29) is 0 Å². The second-order valence-electron chi connectivity index (χ2n) is 7.74. The van der Waals surface area contributed by atoms with E-state index < -0.39 is 10.0 Å². The summed E-state index contributed by atoms with van der Waals surface area (Å²) in [6.07, 6.45) is 2.51. The van der Waals surface area contributed by atoms with Gasteiger partial charge in [0.15, 0.2) is 0 Å². The number of benzene rings is 1. The average Bonchev–Trinajstić information content (AvgIpc) is 3.16. The quantitative estimate of drug-likeness (QED) is 0.782. The van der Waals surface area contributed by atoms with Crippen molar-refractivity contribution in [3.05, 3.63) is 40.7 Å². The summed E-state index contributed by atoms with van der Waals surface area (Å²) in [6.45, 7) is 7.70. The number of ether oxygens (including phenoxy) is 1. The van der Waals surface area contributed by atoms with E-state index >= 15 is 0 Å². The number of sulfonamides is 1. The fourth-order valence-electron chi connectivity index (χ4n) is 4.18. The van der Waals surface area contributed by atoms with Crippen LogP contribution in [-0.4, -0.2) is 53.6 Å². The maximum atomic E-state index is 13.4. The van der Waals surface area contributed by atoms with Crippen molar-refractivity contribution in [1.82, 2.24) is 19.0 Å². The van der Waals surface area contributed by atoms with E-state index in [1.54, 1.807) is 25.6 Å². The third kappa shape index (κ3) is 3.56. The van der Waals surface area contributed by atoms with Gasteiger partial charge in [-0.3, -0.25) is 9.58 Å². The van der Waals surface area contributed by atoms with Gasteiger partial charge in [0, 0.05) is 32.2 Å². The molecule has 0 radical (unpaired) electrons. The summed E-state index contributed by atoms with van der Waals surface area (Å²) in [5, 5.41) is 4.29. The fourth-order valence-corrected chi connectivity index (χ4v) is 5.98. The Labute approximate surface area is 166 Å². The summed E-state index contributed by atoms with van der Waals surface area (Å²) in [5.41, 5.74) is 3.33. The maximum absolute atomic E-state index is 13.4. The minimum Gasteiger partial charge on any atom is -0.492 e. The molecule has 0 amide bonds. The Morgan fingerprint density at radius 1 is 1.14 bits per heavy atom. The fraction of sp³-hybridized carbons (Fsp3) is 0.550. The number of nitrogens with zero attached hydrogens (tertiary/aromatic N) is 4. The van der Waals surface area contributed by atoms with E-state index in [0.717, 1.165) is 30.9 Å². The van der Waals surface area contributed by atoms with Gasteiger partial charge in [0.05, 0.1) is 11.4 Å². The average molecular weight is 405 g/mol. The number of fused-ring (bicyclic) bond motifs is 1. The summed E-state index contributed by atoms with van der Waals surface area (Å²) in [6, 6.07) is 6.18. The molecule has 2 aliphatic heterocycles. The molecule has 1 fully saturated rings. The zero-order valence-electron chi connectivity index (χ0n) is 16.8. The normalized spacial score (nSPS) is 18.7. The summed E-state index contributed by atoms with van der Waals surface area (Å²) in [7, 11) is -1.87. The topological polar surface area (TPSA) is 67.7 Å². The van der Waals surface area contributed by atoms with Crippen molar-refractivity contribution in [2.24, 2.45) is 7.05 Å². The Bertz CT molecular complexity index is 978. The SMILES string of the molecule is Cc1nn(C)c(C)c1S(=O)(=O)N1CCOc2ccc(CN3CCCC3)cc2C1. The molecule has 1 aromatic heterocycles.